The maximum atomic E-state index is 13.5. The number of benzene rings is 1. The van der Waals surface area contributed by atoms with Crippen LogP contribution in [-0.4, -0.2) is 5.91 Å². The Hall–Kier alpha value is -1.16. The smallest absolute Gasteiger partial charge is 0.221 e. The third kappa shape index (κ3) is 3.16. The molecule has 2 nitrogen and oxygen atoms in total. The molecular formula is C11H11BrFNO. The highest BCUT2D eigenvalue weighted by Gasteiger charge is 2.08. The van der Waals surface area contributed by atoms with Crippen molar-refractivity contribution in [1.29, 1.82) is 0 Å². The molecule has 1 aromatic carbocycles. The zero-order chi connectivity index (χ0) is 11.4. The van der Waals surface area contributed by atoms with E-state index in [0.29, 0.717) is 15.7 Å². The maximum absolute atomic E-state index is 13.5. The predicted octanol–water partition coefficient (Wildman–Crippen LogP) is 3.09. The minimum atomic E-state index is -0.369. The Balaban J connectivity index is 3.08. The summed E-state index contributed by atoms with van der Waals surface area (Å²) in [6.07, 6.45) is 1.66. The first-order valence-electron chi connectivity index (χ1n) is 4.44. The van der Waals surface area contributed by atoms with Crippen LogP contribution < -0.4 is 5.32 Å². The monoisotopic (exact) mass is 271 g/mol. The Labute approximate surface area is 96.3 Å². The molecule has 0 aromatic heterocycles. The van der Waals surface area contributed by atoms with Crippen LogP contribution in [0.15, 0.2) is 28.7 Å². The van der Waals surface area contributed by atoms with Crippen LogP contribution in [0.2, 0.25) is 0 Å². The molecule has 0 bridgehead atoms. The summed E-state index contributed by atoms with van der Waals surface area (Å²) in [4.78, 5) is 10.9. The number of hydrogen-bond acceptors (Lipinski definition) is 1. The van der Waals surface area contributed by atoms with E-state index in [2.05, 4.69) is 21.2 Å². The minimum absolute atomic E-state index is 0.217. The highest BCUT2D eigenvalue weighted by Crippen LogP contribution is 2.20. The lowest BCUT2D eigenvalue weighted by Crippen LogP contribution is -2.18. The van der Waals surface area contributed by atoms with Crippen LogP contribution in [0.25, 0.3) is 5.70 Å². The van der Waals surface area contributed by atoms with Crippen LogP contribution in [-0.2, 0) is 4.79 Å². The summed E-state index contributed by atoms with van der Waals surface area (Å²) >= 11 is 3.17. The van der Waals surface area contributed by atoms with Gasteiger partial charge in [-0.1, -0.05) is 22.0 Å². The summed E-state index contributed by atoms with van der Waals surface area (Å²) in [6.45, 7) is 3.13. The fraction of sp³-hybridized carbons (Fsp3) is 0.182. The second-order valence-electron chi connectivity index (χ2n) is 3.01. The van der Waals surface area contributed by atoms with Crippen LogP contribution in [0.4, 0.5) is 4.39 Å². The molecule has 1 rings (SSSR count). The third-order valence-corrected chi connectivity index (χ3v) is 2.31. The standard InChI is InChI=1S/C11H11BrFNO/c1-3-11(14-7(2)15)9-5-4-8(12)6-10(9)13/h3-6H,1-2H3,(H,14,15)/b11-3-. The van der Waals surface area contributed by atoms with E-state index in [1.807, 2.05) is 0 Å². The molecule has 0 aliphatic heterocycles. The van der Waals surface area contributed by atoms with E-state index in [0.717, 1.165) is 0 Å². The first-order valence-corrected chi connectivity index (χ1v) is 5.23. The van der Waals surface area contributed by atoms with Gasteiger partial charge in [-0.25, -0.2) is 4.39 Å². The lowest BCUT2D eigenvalue weighted by atomic mass is 10.1. The Morgan fingerprint density at radius 2 is 2.20 bits per heavy atom. The molecule has 0 saturated carbocycles. The molecule has 1 N–H and O–H groups in total. The summed E-state index contributed by atoms with van der Waals surface area (Å²) in [5.74, 6) is -0.586. The maximum Gasteiger partial charge on any atom is 0.221 e. The van der Waals surface area contributed by atoms with Gasteiger partial charge in [-0.3, -0.25) is 4.79 Å². The normalized spacial score (nSPS) is 11.3. The fourth-order valence-electron chi connectivity index (χ4n) is 1.19. The molecule has 0 saturated heterocycles. The molecule has 0 heterocycles. The van der Waals surface area contributed by atoms with Crippen molar-refractivity contribution in [1.82, 2.24) is 5.32 Å². The summed E-state index contributed by atoms with van der Waals surface area (Å²) in [6, 6.07) is 4.70. The van der Waals surface area contributed by atoms with E-state index < -0.39 is 0 Å². The number of carbonyl (C=O) groups excluding carboxylic acids is 1. The zero-order valence-electron chi connectivity index (χ0n) is 8.47. The highest BCUT2D eigenvalue weighted by molar-refractivity contribution is 9.10. The Kier molecular flexibility index (Phi) is 4.03. The molecule has 15 heavy (non-hydrogen) atoms. The average Bonchev–Trinajstić information content (AvgIpc) is 2.14. The topological polar surface area (TPSA) is 29.1 Å². The summed E-state index contributed by atoms with van der Waals surface area (Å²) in [5.41, 5.74) is 0.864. The Bertz CT molecular complexity index is 415. The van der Waals surface area contributed by atoms with E-state index >= 15 is 0 Å². The molecule has 4 heteroatoms. The average molecular weight is 272 g/mol. The van der Waals surface area contributed by atoms with Gasteiger partial charge in [0.2, 0.25) is 5.91 Å². The largest absolute Gasteiger partial charge is 0.326 e. The van der Waals surface area contributed by atoms with Gasteiger partial charge >= 0.3 is 0 Å². The van der Waals surface area contributed by atoms with Gasteiger partial charge < -0.3 is 5.32 Å². The highest BCUT2D eigenvalue weighted by atomic mass is 79.9. The van der Waals surface area contributed by atoms with Gasteiger partial charge in [-0.15, -0.1) is 0 Å². The van der Waals surface area contributed by atoms with E-state index in [9.17, 15) is 9.18 Å². The van der Waals surface area contributed by atoms with Crippen molar-refractivity contribution in [2.75, 3.05) is 0 Å². The third-order valence-electron chi connectivity index (χ3n) is 1.82. The van der Waals surface area contributed by atoms with Gasteiger partial charge in [-0.2, -0.15) is 0 Å². The van der Waals surface area contributed by atoms with Crippen LogP contribution in [0.5, 0.6) is 0 Å². The molecule has 0 fully saturated rings. The van der Waals surface area contributed by atoms with Gasteiger partial charge in [0.15, 0.2) is 0 Å². The first-order chi connectivity index (χ1) is 7.04. The quantitative estimate of drug-likeness (QED) is 0.880. The first kappa shape index (κ1) is 11.9. The fourth-order valence-corrected chi connectivity index (χ4v) is 1.53. The van der Waals surface area contributed by atoms with E-state index in [-0.39, 0.29) is 11.7 Å². The number of allylic oxidation sites excluding steroid dienone is 1. The Morgan fingerprint density at radius 1 is 1.53 bits per heavy atom. The van der Waals surface area contributed by atoms with Crippen molar-refractivity contribution in [2.24, 2.45) is 0 Å². The van der Waals surface area contributed by atoms with Crippen molar-refractivity contribution < 1.29 is 9.18 Å². The molecule has 0 aliphatic carbocycles. The van der Waals surface area contributed by atoms with Crippen LogP contribution in [0, 0.1) is 5.82 Å². The van der Waals surface area contributed by atoms with Gasteiger partial charge in [0.05, 0.1) is 0 Å². The molecule has 0 unspecified atom stereocenters. The van der Waals surface area contributed by atoms with Gasteiger partial charge in [0.25, 0.3) is 0 Å². The number of halogens is 2. The number of amides is 1. The van der Waals surface area contributed by atoms with Crippen LogP contribution in [0.1, 0.15) is 19.4 Å². The molecule has 0 aliphatic rings. The second kappa shape index (κ2) is 5.07. The van der Waals surface area contributed by atoms with Crippen molar-refractivity contribution >= 4 is 27.5 Å². The van der Waals surface area contributed by atoms with E-state index in [1.54, 1.807) is 25.1 Å². The SMILES string of the molecule is C/C=C(\NC(C)=O)c1ccc(Br)cc1F. The predicted molar refractivity (Wildman–Crippen MR) is 61.6 cm³/mol. The molecule has 0 atom stereocenters. The number of nitrogens with one attached hydrogen (secondary N) is 1. The number of hydrogen-bond donors (Lipinski definition) is 1. The lowest BCUT2D eigenvalue weighted by molar-refractivity contribution is -0.117. The molecule has 0 radical (unpaired) electrons. The zero-order valence-corrected chi connectivity index (χ0v) is 10.1. The second-order valence-corrected chi connectivity index (χ2v) is 3.92. The molecule has 1 aromatic rings. The number of rotatable bonds is 2. The van der Waals surface area contributed by atoms with E-state index in [4.69, 9.17) is 0 Å². The van der Waals surface area contributed by atoms with Gasteiger partial charge in [0, 0.05) is 22.7 Å². The van der Waals surface area contributed by atoms with E-state index in [1.165, 1.54) is 13.0 Å². The van der Waals surface area contributed by atoms with Crippen LogP contribution in [0.3, 0.4) is 0 Å². The molecule has 0 spiro atoms. The van der Waals surface area contributed by atoms with Crippen molar-refractivity contribution in [3.63, 3.8) is 0 Å². The Morgan fingerprint density at radius 3 is 2.67 bits per heavy atom. The van der Waals surface area contributed by atoms with Crippen molar-refractivity contribution in [3.8, 4) is 0 Å². The summed E-state index contributed by atoms with van der Waals surface area (Å²) < 4.78 is 14.2. The van der Waals surface area contributed by atoms with Crippen molar-refractivity contribution in [2.45, 2.75) is 13.8 Å². The van der Waals surface area contributed by atoms with Crippen LogP contribution >= 0.6 is 15.9 Å². The minimum Gasteiger partial charge on any atom is -0.326 e. The van der Waals surface area contributed by atoms with Gasteiger partial charge in [0.1, 0.15) is 5.82 Å². The lowest BCUT2D eigenvalue weighted by Gasteiger charge is -2.09. The molecule has 1 amide bonds. The number of carbonyl (C=O) groups is 1. The molecule has 80 valence electrons. The van der Waals surface area contributed by atoms with Crippen molar-refractivity contribution in [3.05, 3.63) is 40.1 Å². The summed E-state index contributed by atoms with van der Waals surface area (Å²) in [7, 11) is 0. The molecular weight excluding hydrogens is 261 g/mol. The van der Waals surface area contributed by atoms with Gasteiger partial charge in [-0.05, 0) is 25.1 Å². The summed E-state index contributed by atoms with van der Waals surface area (Å²) in [5, 5.41) is 2.57.